The molecule has 0 aromatic heterocycles. The van der Waals surface area contributed by atoms with Crippen LogP contribution in [-0.2, 0) is 6.61 Å². The lowest BCUT2D eigenvalue weighted by Crippen LogP contribution is -1.99. The molecule has 0 amide bonds. The third kappa shape index (κ3) is 4.82. The summed E-state index contributed by atoms with van der Waals surface area (Å²) in [6.45, 7) is 2.43. The van der Waals surface area contributed by atoms with Crippen molar-refractivity contribution in [3.63, 3.8) is 0 Å². The molecule has 0 fully saturated rings. The highest BCUT2D eigenvalue weighted by Crippen LogP contribution is 2.37. The zero-order chi connectivity index (χ0) is 16.8. The summed E-state index contributed by atoms with van der Waals surface area (Å²) in [6, 6.07) is 11.5. The van der Waals surface area contributed by atoms with Gasteiger partial charge in [0.15, 0.2) is 11.5 Å². The Bertz CT molecular complexity index is 726. The monoisotopic (exact) mass is 377 g/mol. The highest BCUT2D eigenvalue weighted by molar-refractivity contribution is 9.10. The molecule has 0 radical (unpaired) electrons. The van der Waals surface area contributed by atoms with Gasteiger partial charge in [-0.25, -0.2) is 0 Å². The van der Waals surface area contributed by atoms with Crippen molar-refractivity contribution in [1.29, 1.82) is 0 Å². The van der Waals surface area contributed by atoms with Crippen molar-refractivity contribution in [1.82, 2.24) is 0 Å². The van der Waals surface area contributed by atoms with E-state index in [1.807, 2.05) is 31.2 Å². The zero-order valence-electron chi connectivity index (χ0n) is 12.8. The van der Waals surface area contributed by atoms with Gasteiger partial charge in [0.1, 0.15) is 6.61 Å². The fraction of sp³-hybridized carbons (Fsp3) is 0.176. The summed E-state index contributed by atoms with van der Waals surface area (Å²) >= 11 is 3.42. The summed E-state index contributed by atoms with van der Waals surface area (Å²) in [7, 11) is 1.53. The van der Waals surface area contributed by atoms with Gasteiger partial charge < -0.3 is 9.47 Å². The molecule has 0 N–H and O–H groups in total. The fourth-order valence-electron chi connectivity index (χ4n) is 1.96. The zero-order valence-corrected chi connectivity index (χ0v) is 14.4. The molecule has 2 rings (SSSR count). The van der Waals surface area contributed by atoms with Gasteiger partial charge in [0.05, 0.1) is 16.5 Å². The molecule has 0 bridgehead atoms. The first-order chi connectivity index (χ1) is 11.0. The van der Waals surface area contributed by atoms with Crippen LogP contribution in [0.2, 0.25) is 0 Å². The third-order valence-electron chi connectivity index (χ3n) is 3.14. The molecule has 2 aromatic rings. The van der Waals surface area contributed by atoms with Gasteiger partial charge in [0.25, 0.3) is 0 Å². The standard InChI is InChI=1S/C17H16BrNO4/c1-12-3-5-13(6-4-12)11-23-17-15(18)9-14(7-8-19(20)21)10-16(17)22-2/h3-10H,11H2,1-2H3. The van der Waals surface area contributed by atoms with E-state index in [-0.39, 0.29) is 0 Å². The Morgan fingerprint density at radius 3 is 2.57 bits per heavy atom. The van der Waals surface area contributed by atoms with Crippen LogP contribution in [-0.4, -0.2) is 12.0 Å². The Hall–Kier alpha value is -2.34. The minimum atomic E-state index is -0.512. The number of hydrogen-bond acceptors (Lipinski definition) is 4. The lowest BCUT2D eigenvalue weighted by molar-refractivity contribution is -0.400. The molecule has 5 nitrogen and oxygen atoms in total. The molecule has 0 aliphatic rings. The van der Waals surface area contributed by atoms with Crippen LogP contribution in [0.3, 0.4) is 0 Å². The smallest absolute Gasteiger partial charge is 0.235 e. The topological polar surface area (TPSA) is 61.6 Å². The number of hydrogen-bond donors (Lipinski definition) is 0. The Labute approximate surface area is 142 Å². The molecule has 6 heteroatoms. The summed E-state index contributed by atoms with van der Waals surface area (Å²) in [5.41, 5.74) is 2.88. The Morgan fingerprint density at radius 2 is 1.96 bits per heavy atom. The van der Waals surface area contributed by atoms with Crippen LogP contribution in [0.4, 0.5) is 0 Å². The fourth-order valence-corrected chi connectivity index (χ4v) is 2.54. The normalized spacial score (nSPS) is 10.7. The van der Waals surface area contributed by atoms with Crippen LogP contribution < -0.4 is 9.47 Å². The van der Waals surface area contributed by atoms with E-state index in [2.05, 4.69) is 15.9 Å². The minimum absolute atomic E-state index is 0.402. The van der Waals surface area contributed by atoms with Crippen LogP contribution in [0, 0.1) is 17.0 Å². The summed E-state index contributed by atoms with van der Waals surface area (Å²) < 4.78 is 11.8. The van der Waals surface area contributed by atoms with Gasteiger partial charge in [-0.05, 0) is 46.1 Å². The van der Waals surface area contributed by atoms with Crippen molar-refractivity contribution in [2.45, 2.75) is 13.5 Å². The lowest BCUT2D eigenvalue weighted by Gasteiger charge is -2.13. The average molecular weight is 378 g/mol. The van der Waals surface area contributed by atoms with Crippen LogP contribution in [0.5, 0.6) is 11.5 Å². The largest absolute Gasteiger partial charge is 0.493 e. The van der Waals surface area contributed by atoms with E-state index in [0.29, 0.717) is 28.1 Å². The van der Waals surface area contributed by atoms with Gasteiger partial charge in [-0.3, -0.25) is 10.1 Å². The van der Waals surface area contributed by atoms with Crippen LogP contribution in [0.1, 0.15) is 16.7 Å². The number of aryl methyl sites for hydroxylation is 1. The van der Waals surface area contributed by atoms with Gasteiger partial charge in [-0.2, -0.15) is 0 Å². The number of nitro groups is 1. The quantitative estimate of drug-likeness (QED) is 0.545. The van der Waals surface area contributed by atoms with E-state index in [9.17, 15) is 10.1 Å². The van der Waals surface area contributed by atoms with Crippen LogP contribution in [0.25, 0.3) is 6.08 Å². The molecule has 0 aliphatic heterocycles. The predicted molar refractivity (Wildman–Crippen MR) is 92.2 cm³/mol. The highest BCUT2D eigenvalue weighted by atomic mass is 79.9. The van der Waals surface area contributed by atoms with Crippen LogP contribution in [0.15, 0.2) is 47.1 Å². The number of nitrogens with zero attached hydrogens (tertiary/aromatic N) is 1. The van der Waals surface area contributed by atoms with Crippen LogP contribution >= 0.6 is 15.9 Å². The molecular formula is C17H16BrNO4. The number of benzene rings is 2. The Kier molecular flexibility index (Phi) is 5.76. The van der Waals surface area contributed by atoms with E-state index in [0.717, 1.165) is 11.8 Å². The Morgan fingerprint density at radius 1 is 1.26 bits per heavy atom. The van der Waals surface area contributed by atoms with E-state index in [1.54, 1.807) is 12.1 Å². The summed E-state index contributed by atoms with van der Waals surface area (Å²) in [5, 5.41) is 10.4. The van der Waals surface area contributed by atoms with E-state index < -0.39 is 4.92 Å². The van der Waals surface area contributed by atoms with E-state index >= 15 is 0 Å². The summed E-state index contributed by atoms with van der Waals surface area (Å²) in [5.74, 6) is 1.07. The molecule has 23 heavy (non-hydrogen) atoms. The Balaban J connectivity index is 2.20. The van der Waals surface area contributed by atoms with Crippen molar-refractivity contribution < 1.29 is 14.4 Å². The molecule has 0 atom stereocenters. The summed E-state index contributed by atoms with van der Waals surface area (Å²) in [6.07, 6.45) is 2.28. The molecule has 0 saturated heterocycles. The number of ether oxygens (including phenoxy) is 2. The van der Waals surface area contributed by atoms with Gasteiger partial charge in [-0.1, -0.05) is 29.8 Å². The molecule has 0 spiro atoms. The molecular weight excluding hydrogens is 362 g/mol. The van der Waals surface area contributed by atoms with Crippen molar-refractivity contribution in [3.8, 4) is 11.5 Å². The number of halogens is 1. The second-order valence-electron chi connectivity index (χ2n) is 4.91. The van der Waals surface area contributed by atoms with Crippen molar-refractivity contribution >= 4 is 22.0 Å². The first-order valence-electron chi connectivity index (χ1n) is 6.87. The maximum absolute atomic E-state index is 10.4. The molecule has 120 valence electrons. The highest BCUT2D eigenvalue weighted by Gasteiger charge is 2.11. The molecule has 0 aliphatic carbocycles. The maximum Gasteiger partial charge on any atom is 0.235 e. The number of methoxy groups -OCH3 is 1. The predicted octanol–water partition coefficient (Wildman–Crippen LogP) is 4.59. The van der Waals surface area contributed by atoms with E-state index in [1.165, 1.54) is 18.7 Å². The van der Waals surface area contributed by atoms with Gasteiger partial charge in [-0.15, -0.1) is 0 Å². The minimum Gasteiger partial charge on any atom is -0.493 e. The SMILES string of the molecule is COc1cc(C=C[N+](=O)[O-])cc(Br)c1OCc1ccc(C)cc1. The molecule has 0 saturated carbocycles. The van der Waals surface area contributed by atoms with E-state index in [4.69, 9.17) is 9.47 Å². The molecule has 0 unspecified atom stereocenters. The third-order valence-corrected chi connectivity index (χ3v) is 3.73. The van der Waals surface area contributed by atoms with Crippen molar-refractivity contribution in [3.05, 3.63) is 73.9 Å². The lowest BCUT2D eigenvalue weighted by atomic mass is 10.1. The van der Waals surface area contributed by atoms with Gasteiger partial charge in [0.2, 0.25) is 6.20 Å². The number of rotatable bonds is 6. The summed E-state index contributed by atoms with van der Waals surface area (Å²) in [4.78, 5) is 9.90. The second-order valence-corrected chi connectivity index (χ2v) is 5.76. The molecule has 2 aromatic carbocycles. The van der Waals surface area contributed by atoms with Crippen molar-refractivity contribution in [2.24, 2.45) is 0 Å². The van der Waals surface area contributed by atoms with Crippen molar-refractivity contribution in [2.75, 3.05) is 7.11 Å². The first-order valence-corrected chi connectivity index (χ1v) is 7.66. The second kappa shape index (κ2) is 7.78. The van der Waals surface area contributed by atoms with Gasteiger partial charge >= 0.3 is 0 Å². The average Bonchev–Trinajstić information content (AvgIpc) is 2.53. The molecule has 0 heterocycles. The first kappa shape index (κ1) is 17.0. The maximum atomic E-state index is 10.4. The van der Waals surface area contributed by atoms with Gasteiger partial charge in [0, 0.05) is 6.08 Å².